The molecule has 0 bridgehead atoms. The standard InChI is InChI=1S/C16H18F3N3O2/c1-10-5-6-22(8-13(10)23)9-14-20-15(21-24-14)11-3-2-4-12(7-11)16(17,18)19/h2-4,7,10,13,23H,5-6,8-9H2,1H3. The van der Waals surface area contributed by atoms with Crippen LogP contribution >= 0.6 is 0 Å². The molecule has 5 nitrogen and oxygen atoms in total. The van der Waals surface area contributed by atoms with Gasteiger partial charge in [-0.25, -0.2) is 0 Å². The number of aromatic nitrogens is 2. The number of β-amino-alcohol motifs (C(OH)–C–C–N with tert-alkyl or cyclic N) is 1. The van der Waals surface area contributed by atoms with Crippen molar-refractivity contribution < 1.29 is 22.8 Å². The van der Waals surface area contributed by atoms with Gasteiger partial charge in [0, 0.05) is 12.1 Å². The molecule has 0 spiro atoms. The van der Waals surface area contributed by atoms with Crippen LogP contribution in [-0.2, 0) is 12.7 Å². The zero-order valence-corrected chi connectivity index (χ0v) is 13.1. The summed E-state index contributed by atoms with van der Waals surface area (Å²) in [4.78, 5) is 6.17. The number of hydrogen-bond acceptors (Lipinski definition) is 5. The second kappa shape index (κ2) is 6.52. The molecule has 2 unspecified atom stereocenters. The molecule has 0 aliphatic carbocycles. The Kier molecular flexibility index (Phi) is 4.60. The smallest absolute Gasteiger partial charge is 0.392 e. The molecule has 2 aromatic rings. The lowest BCUT2D eigenvalue weighted by Crippen LogP contribution is -2.42. The summed E-state index contributed by atoms with van der Waals surface area (Å²) in [7, 11) is 0. The van der Waals surface area contributed by atoms with Crippen molar-refractivity contribution in [1.82, 2.24) is 15.0 Å². The quantitative estimate of drug-likeness (QED) is 0.930. The van der Waals surface area contributed by atoms with Gasteiger partial charge in [0.15, 0.2) is 0 Å². The molecule has 3 rings (SSSR count). The Morgan fingerprint density at radius 2 is 2.17 bits per heavy atom. The van der Waals surface area contributed by atoms with Crippen molar-refractivity contribution in [3.63, 3.8) is 0 Å². The van der Waals surface area contributed by atoms with Gasteiger partial charge in [-0.05, 0) is 31.0 Å². The first-order chi connectivity index (χ1) is 11.3. The largest absolute Gasteiger partial charge is 0.416 e. The van der Waals surface area contributed by atoms with Gasteiger partial charge in [-0.2, -0.15) is 18.2 Å². The van der Waals surface area contributed by atoms with Gasteiger partial charge in [0.05, 0.1) is 18.2 Å². The van der Waals surface area contributed by atoms with Crippen LogP contribution in [0.1, 0.15) is 24.8 Å². The zero-order chi connectivity index (χ0) is 17.3. The summed E-state index contributed by atoms with van der Waals surface area (Å²) in [6, 6.07) is 4.83. The minimum absolute atomic E-state index is 0.127. The Balaban J connectivity index is 1.72. The number of likely N-dealkylation sites (tertiary alicyclic amines) is 1. The molecule has 0 radical (unpaired) electrons. The van der Waals surface area contributed by atoms with Crippen LogP contribution < -0.4 is 0 Å². The number of benzene rings is 1. The number of rotatable bonds is 3. The molecule has 2 heterocycles. The second-order valence-electron chi connectivity index (χ2n) is 6.16. The normalized spacial score (nSPS) is 22.7. The second-order valence-corrected chi connectivity index (χ2v) is 6.16. The van der Waals surface area contributed by atoms with Gasteiger partial charge in [0.25, 0.3) is 0 Å². The monoisotopic (exact) mass is 341 g/mol. The summed E-state index contributed by atoms with van der Waals surface area (Å²) < 4.78 is 43.5. The highest BCUT2D eigenvalue weighted by molar-refractivity contribution is 5.55. The number of aliphatic hydroxyl groups excluding tert-OH is 1. The Morgan fingerprint density at radius 3 is 2.88 bits per heavy atom. The average molecular weight is 341 g/mol. The maximum absolute atomic E-state index is 12.8. The van der Waals surface area contributed by atoms with E-state index in [2.05, 4.69) is 10.1 Å². The van der Waals surface area contributed by atoms with Crippen LogP contribution in [0.4, 0.5) is 13.2 Å². The molecule has 0 saturated carbocycles. The average Bonchev–Trinajstić information content (AvgIpc) is 2.99. The minimum atomic E-state index is -4.41. The maximum atomic E-state index is 12.8. The van der Waals surface area contributed by atoms with Crippen LogP contribution in [0.15, 0.2) is 28.8 Å². The van der Waals surface area contributed by atoms with Crippen molar-refractivity contribution >= 4 is 0 Å². The molecular weight excluding hydrogens is 323 g/mol. The van der Waals surface area contributed by atoms with E-state index in [0.29, 0.717) is 19.0 Å². The fourth-order valence-electron chi connectivity index (χ4n) is 2.72. The minimum Gasteiger partial charge on any atom is -0.392 e. The summed E-state index contributed by atoms with van der Waals surface area (Å²) in [6.45, 7) is 3.69. The number of piperidine rings is 1. The lowest BCUT2D eigenvalue weighted by Gasteiger charge is -2.33. The van der Waals surface area contributed by atoms with Crippen molar-refractivity contribution in [3.05, 3.63) is 35.7 Å². The molecule has 1 N–H and O–H groups in total. The molecular formula is C16H18F3N3O2. The predicted octanol–water partition coefficient (Wildman–Crippen LogP) is 2.96. The third-order valence-electron chi connectivity index (χ3n) is 4.28. The molecule has 1 aliphatic rings. The highest BCUT2D eigenvalue weighted by atomic mass is 19.4. The van der Waals surface area contributed by atoms with Crippen LogP contribution in [0.2, 0.25) is 0 Å². The van der Waals surface area contributed by atoms with Crippen molar-refractivity contribution in [2.24, 2.45) is 5.92 Å². The van der Waals surface area contributed by atoms with E-state index in [0.717, 1.165) is 25.1 Å². The number of aliphatic hydroxyl groups is 1. The fraction of sp³-hybridized carbons (Fsp3) is 0.500. The molecule has 1 saturated heterocycles. The predicted molar refractivity (Wildman–Crippen MR) is 79.8 cm³/mol. The first-order valence-electron chi connectivity index (χ1n) is 7.73. The lowest BCUT2D eigenvalue weighted by molar-refractivity contribution is -0.137. The van der Waals surface area contributed by atoms with Crippen molar-refractivity contribution in [1.29, 1.82) is 0 Å². The molecule has 1 aromatic carbocycles. The van der Waals surface area contributed by atoms with Crippen LogP contribution in [0.25, 0.3) is 11.4 Å². The van der Waals surface area contributed by atoms with E-state index in [4.69, 9.17) is 4.52 Å². The van der Waals surface area contributed by atoms with Gasteiger partial charge in [-0.15, -0.1) is 0 Å². The Bertz CT molecular complexity index is 702. The summed E-state index contributed by atoms with van der Waals surface area (Å²) in [5, 5.41) is 13.7. The van der Waals surface area contributed by atoms with Gasteiger partial charge in [0.1, 0.15) is 0 Å². The number of alkyl halides is 3. The Labute approximate surface area is 137 Å². The Morgan fingerprint density at radius 1 is 1.38 bits per heavy atom. The van der Waals surface area contributed by atoms with Gasteiger partial charge in [-0.3, -0.25) is 4.90 Å². The van der Waals surface area contributed by atoms with Gasteiger partial charge >= 0.3 is 6.18 Å². The molecule has 1 aliphatic heterocycles. The van der Waals surface area contributed by atoms with Gasteiger partial charge in [0.2, 0.25) is 11.7 Å². The summed E-state index contributed by atoms with van der Waals surface area (Å²) in [6.07, 6.45) is -3.94. The van der Waals surface area contributed by atoms with Crippen molar-refractivity contribution in [3.8, 4) is 11.4 Å². The van der Waals surface area contributed by atoms with E-state index in [-0.39, 0.29) is 17.3 Å². The van der Waals surface area contributed by atoms with Crippen LogP contribution in [0.5, 0.6) is 0 Å². The first kappa shape index (κ1) is 16.9. The summed E-state index contributed by atoms with van der Waals surface area (Å²) in [5.74, 6) is 0.704. The third kappa shape index (κ3) is 3.76. The molecule has 130 valence electrons. The molecule has 2 atom stereocenters. The lowest BCUT2D eigenvalue weighted by atomic mass is 9.96. The topological polar surface area (TPSA) is 62.4 Å². The SMILES string of the molecule is CC1CCN(Cc2nc(-c3cccc(C(F)(F)F)c3)no2)CC1O. The molecule has 24 heavy (non-hydrogen) atoms. The molecule has 8 heteroatoms. The van der Waals surface area contributed by atoms with Crippen molar-refractivity contribution in [2.45, 2.75) is 32.2 Å². The van der Waals surface area contributed by atoms with Crippen molar-refractivity contribution in [2.75, 3.05) is 13.1 Å². The van der Waals surface area contributed by atoms with Crippen LogP contribution in [0.3, 0.4) is 0 Å². The van der Waals surface area contributed by atoms with E-state index in [1.54, 1.807) is 0 Å². The molecule has 1 fully saturated rings. The van der Waals surface area contributed by atoms with Crippen LogP contribution in [0, 0.1) is 5.92 Å². The van der Waals surface area contributed by atoms with E-state index >= 15 is 0 Å². The first-order valence-corrected chi connectivity index (χ1v) is 7.73. The highest BCUT2D eigenvalue weighted by Gasteiger charge is 2.31. The van der Waals surface area contributed by atoms with E-state index in [1.165, 1.54) is 12.1 Å². The summed E-state index contributed by atoms with van der Waals surface area (Å²) in [5.41, 5.74) is -0.494. The maximum Gasteiger partial charge on any atom is 0.416 e. The van der Waals surface area contributed by atoms with E-state index in [9.17, 15) is 18.3 Å². The van der Waals surface area contributed by atoms with Gasteiger partial charge < -0.3 is 9.63 Å². The zero-order valence-electron chi connectivity index (χ0n) is 13.1. The summed E-state index contributed by atoms with van der Waals surface area (Å²) >= 11 is 0. The molecule has 1 aromatic heterocycles. The van der Waals surface area contributed by atoms with E-state index in [1.807, 2.05) is 11.8 Å². The molecule has 0 amide bonds. The van der Waals surface area contributed by atoms with Gasteiger partial charge in [-0.1, -0.05) is 24.2 Å². The third-order valence-corrected chi connectivity index (χ3v) is 4.28. The highest BCUT2D eigenvalue weighted by Crippen LogP contribution is 2.31. The number of halogens is 3. The fourth-order valence-corrected chi connectivity index (χ4v) is 2.72. The van der Waals surface area contributed by atoms with Crippen LogP contribution in [-0.4, -0.2) is 39.3 Å². The number of nitrogens with zero attached hydrogens (tertiary/aromatic N) is 3. The van der Waals surface area contributed by atoms with E-state index < -0.39 is 17.8 Å². The Hall–Kier alpha value is -1.93. The number of hydrogen-bond donors (Lipinski definition) is 1.